The van der Waals surface area contributed by atoms with Crippen LogP contribution in [0.4, 0.5) is 0 Å². The maximum atomic E-state index is 13.2. The Morgan fingerprint density at radius 1 is 1.06 bits per heavy atom. The average Bonchev–Trinajstić information content (AvgIpc) is 3.43. The minimum atomic E-state index is -0.613. The van der Waals surface area contributed by atoms with E-state index in [-0.39, 0.29) is 17.7 Å². The fourth-order valence-electron chi connectivity index (χ4n) is 4.95. The number of benzene rings is 1. The van der Waals surface area contributed by atoms with Crippen molar-refractivity contribution < 1.29 is 14.4 Å². The van der Waals surface area contributed by atoms with E-state index in [1.54, 1.807) is 4.90 Å². The van der Waals surface area contributed by atoms with E-state index >= 15 is 0 Å². The fraction of sp³-hybridized carbons (Fsp3) is 0.542. The molecule has 1 atom stereocenters. The number of aromatic nitrogens is 1. The van der Waals surface area contributed by atoms with Crippen molar-refractivity contribution in [3.8, 4) is 0 Å². The van der Waals surface area contributed by atoms with Crippen LogP contribution in [0, 0.1) is 5.92 Å². The lowest BCUT2D eigenvalue weighted by Crippen LogP contribution is -2.56. The highest BCUT2D eigenvalue weighted by Gasteiger charge is 2.31. The molecule has 31 heavy (non-hydrogen) atoms. The third-order valence-electron chi connectivity index (χ3n) is 6.66. The zero-order chi connectivity index (χ0) is 21.8. The zero-order valence-corrected chi connectivity index (χ0v) is 18.2. The molecule has 0 spiro atoms. The molecule has 1 saturated heterocycles. The van der Waals surface area contributed by atoms with Crippen molar-refractivity contribution in [2.24, 2.45) is 5.92 Å². The van der Waals surface area contributed by atoms with Crippen LogP contribution in [0.1, 0.15) is 44.6 Å². The molecule has 2 aromatic rings. The monoisotopic (exact) mass is 424 g/mol. The van der Waals surface area contributed by atoms with Crippen LogP contribution < -0.4 is 5.32 Å². The summed E-state index contributed by atoms with van der Waals surface area (Å²) in [6, 6.07) is 7.34. The lowest BCUT2D eigenvalue weighted by molar-refractivity contribution is -0.142. The van der Waals surface area contributed by atoms with Gasteiger partial charge in [0.15, 0.2) is 0 Å². The summed E-state index contributed by atoms with van der Waals surface area (Å²) in [6.07, 6.45) is 7.79. The van der Waals surface area contributed by atoms with E-state index in [9.17, 15) is 14.4 Å². The Labute approximate surface area is 183 Å². The smallest absolute Gasteiger partial charge is 0.245 e. The van der Waals surface area contributed by atoms with E-state index in [2.05, 4.69) is 10.3 Å². The van der Waals surface area contributed by atoms with Crippen LogP contribution in [0.3, 0.4) is 0 Å². The Balaban J connectivity index is 1.37. The molecule has 2 fully saturated rings. The van der Waals surface area contributed by atoms with Crippen LogP contribution in [-0.2, 0) is 20.8 Å². The number of rotatable bonds is 6. The molecular formula is C24H32N4O3. The highest BCUT2D eigenvalue weighted by molar-refractivity contribution is 5.89. The number of nitrogens with one attached hydrogen (secondary N) is 2. The summed E-state index contributed by atoms with van der Waals surface area (Å²) in [5, 5.41) is 3.90. The average molecular weight is 425 g/mol. The molecule has 7 nitrogen and oxygen atoms in total. The van der Waals surface area contributed by atoms with Crippen molar-refractivity contribution in [1.29, 1.82) is 0 Å². The lowest BCUT2D eigenvalue weighted by Gasteiger charge is -2.37. The molecule has 1 aromatic heterocycles. The largest absolute Gasteiger partial charge is 0.361 e. The molecule has 3 amide bonds. The van der Waals surface area contributed by atoms with Gasteiger partial charge in [-0.2, -0.15) is 0 Å². The van der Waals surface area contributed by atoms with Crippen molar-refractivity contribution in [2.75, 3.05) is 26.2 Å². The number of H-pyrrole nitrogens is 1. The van der Waals surface area contributed by atoms with E-state index in [1.165, 1.54) is 19.8 Å². The number of nitrogens with zero attached hydrogens (tertiary/aromatic N) is 2. The Kier molecular flexibility index (Phi) is 6.59. The Bertz CT molecular complexity index is 939. The second-order valence-corrected chi connectivity index (χ2v) is 8.88. The maximum absolute atomic E-state index is 13.2. The van der Waals surface area contributed by atoms with Gasteiger partial charge in [0.05, 0.1) is 0 Å². The number of piperazine rings is 1. The standard InChI is InChI=1S/C24H32N4O3/c1-17(29)26-22(15-19-16-25-21-9-5-4-8-20(19)21)24(31)28-12-10-27(11-13-28)23(30)14-18-6-2-3-7-18/h4-5,8-9,16,18,22,25H,2-3,6-7,10-15H2,1H3,(H,26,29)/t22-/m0/s1. The van der Waals surface area contributed by atoms with Crippen molar-refractivity contribution in [2.45, 2.75) is 51.5 Å². The van der Waals surface area contributed by atoms with Gasteiger partial charge in [-0.3, -0.25) is 14.4 Å². The van der Waals surface area contributed by atoms with Gasteiger partial charge in [0, 0.05) is 63.0 Å². The van der Waals surface area contributed by atoms with Crippen LogP contribution in [0.15, 0.2) is 30.5 Å². The predicted molar refractivity (Wildman–Crippen MR) is 119 cm³/mol. The first-order chi connectivity index (χ1) is 15.0. The summed E-state index contributed by atoms with van der Waals surface area (Å²) in [6.45, 7) is 3.60. The molecule has 0 radical (unpaired) electrons. The van der Waals surface area contributed by atoms with Gasteiger partial charge in [-0.05, 0) is 30.4 Å². The molecule has 4 rings (SSSR count). The van der Waals surface area contributed by atoms with Gasteiger partial charge >= 0.3 is 0 Å². The predicted octanol–water partition coefficient (Wildman–Crippen LogP) is 2.47. The third-order valence-corrected chi connectivity index (χ3v) is 6.66. The summed E-state index contributed by atoms with van der Waals surface area (Å²) < 4.78 is 0. The summed E-state index contributed by atoms with van der Waals surface area (Å²) >= 11 is 0. The first-order valence-electron chi connectivity index (χ1n) is 11.4. The second-order valence-electron chi connectivity index (χ2n) is 8.88. The number of carbonyl (C=O) groups is 3. The molecule has 1 aliphatic carbocycles. The van der Waals surface area contributed by atoms with Gasteiger partial charge in [-0.15, -0.1) is 0 Å². The topological polar surface area (TPSA) is 85.5 Å². The molecule has 0 bridgehead atoms. The van der Waals surface area contributed by atoms with Crippen LogP contribution in [-0.4, -0.2) is 64.7 Å². The number of fused-ring (bicyclic) bond motifs is 1. The third kappa shape index (κ3) is 5.09. The minimum Gasteiger partial charge on any atom is -0.361 e. The van der Waals surface area contributed by atoms with Crippen molar-refractivity contribution in [3.63, 3.8) is 0 Å². The van der Waals surface area contributed by atoms with Crippen LogP contribution >= 0.6 is 0 Å². The number of para-hydroxylation sites is 1. The van der Waals surface area contributed by atoms with Gasteiger partial charge in [0.2, 0.25) is 17.7 Å². The summed E-state index contributed by atoms with van der Waals surface area (Å²) in [5.74, 6) is 0.454. The number of hydrogen-bond donors (Lipinski definition) is 2. The highest BCUT2D eigenvalue weighted by atomic mass is 16.2. The van der Waals surface area contributed by atoms with Crippen LogP contribution in [0.2, 0.25) is 0 Å². The number of amides is 3. The number of hydrogen-bond acceptors (Lipinski definition) is 3. The van der Waals surface area contributed by atoms with Crippen molar-refractivity contribution >= 4 is 28.6 Å². The first-order valence-corrected chi connectivity index (χ1v) is 11.4. The Morgan fingerprint density at radius 3 is 2.45 bits per heavy atom. The lowest BCUT2D eigenvalue weighted by atomic mass is 10.0. The summed E-state index contributed by atoms with van der Waals surface area (Å²) in [7, 11) is 0. The molecule has 1 aliphatic heterocycles. The van der Waals surface area contributed by atoms with E-state index in [0.29, 0.717) is 44.9 Å². The van der Waals surface area contributed by atoms with E-state index < -0.39 is 6.04 Å². The van der Waals surface area contributed by atoms with Gasteiger partial charge in [0.25, 0.3) is 0 Å². The quantitative estimate of drug-likeness (QED) is 0.747. The van der Waals surface area contributed by atoms with Crippen LogP contribution in [0.25, 0.3) is 10.9 Å². The van der Waals surface area contributed by atoms with E-state index in [1.807, 2.05) is 35.4 Å². The Morgan fingerprint density at radius 2 is 1.74 bits per heavy atom. The van der Waals surface area contributed by atoms with E-state index in [0.717, 1.165) is 29.3 Å². The van der Waals surface area contributed by atoms with E-state index in [4.69, 9.17) is 0 Å². The molecule has 7 heteroatoms. The minimum absolute atomic E-state index is 0.0802. The number of aromatic amines is 1. The molecule has 2 N–H and O–H groups in total. The summed E-state index contributed by atoms with van der Waals surface area (Å²) in [5.41, 5.74) is 2.02. The molecule has 166 valence electrons. The summed E-state index contributed by atoms with van der Waals surface area (Å²) in [4.78, 5) is 44.6. The normalized spacial score (nSPS) is 18.4. The maximum Gasteiger partial charge on any atom is 0.245 e. The van der Waals surface area contributed by atoms with Gasteiger partial charge < -0.3 is 20.1 Å². The molecule has 1 saturated carbocycles. The fourth-order valence-corrected chi connectivity index (χ4v) is 4.95. The SMILES string of the molecule is CC(=O)N[C@@H](Cc1c[nH]c2ccccc12)C(=O)N1CCN(C(=O)CC2CCCC2)CC1. The molecule has 1 aromatic carbocycles. The van der Waals surface area contributed by atoms with Crippen molar-refractivity contribution in [3.05, 3.63) is 36.0 Å². The van der Waals surface area contributed by atoms with Gasteiger partial charge in [-0.1, -0.05) is 31.0 Å². The van der Waals surface area contributed by atoms with Gasteiger partial charge in [-0.25, -0.2) is 0 Å². The highest BCUT2D eigenvalue weighted by Crippen LogP contribution is 2.28. The van der Waals surface area contributed by atoms with Crippen LogP contribution in [0.5, 0.6) is 0 Å². The van der Waals surface area contributed by atoms with Crippen molar-refractivity contribution in [1.82, 2.24) is 20.1 Å². The number of carbonyl (C=O) groups excluding carboxylic acids is 3. The molecule has 0 unspecified atom stereocenters. The zero-order valence-electron chi connectivity index (χ0n) is 18.2. The first kappa shape index (κ1) is 21.4. The Hall–Kier alpha value is -2.83. The second kappa shape index (κ2) is 9.54. The molecular weight excluding hydrogens is 392 g/mol. The van der Waals surface area contributed by atoms with Gasteiger partial charge in [0.1, 0.15) is 6.04 Å². The molecule has 2 aliphatic rings. The molecule has 2 heterocycles.